The van der Waals surface area contributed by atoms with Crippen molar-refractivity contribution < 1.29 is 9.90 Å². The second-order valence-electron chi connectivity index (χ2n) is 6.23. The Balaban J connectivity index is 1.77. The van der Waals surface area contributed by atoms with Gasteiger partial charge in [0, 0.05) is 11.8 Å². The van der Waals surface area contributed by atoms with Crippen molar-refractivity contribution in [3.8, 4) is 11.3 Å². The Bertz CT molecular complexity index is 694. The maximum atomic E-state index is 11.1. The summed E-state index contributed by atoms with van der Waals surface area (Å²) in [5.74, 6) is -0.275. The number of aromatic carboxylic acids is 1. The highest BCUT2D eigenvalue weighted by Crippen LogP contribution is 2.22. The molecule has 0 aliphatic carbocycles. The molecule has 1 N–H and O–H groups in total. The molecule has 23 heavy (non-hydrogen) atoms. The zero-order chi connectivity index (χ0) is 16.2. The number of rotatable bonds is 4. The second-order valence-corrected chi connectivity index (χ2v) is 6.23. The highest BCUT2D eigenvalue weighted by molar-refractivity contribution is 5.89. The number of carboxylic acid groups (broad SMARTS) is 1. The van der Waals surface area contributed by atoms with E-state index in [0.717, 1.165) is 36.5 Å². The van der Waals surface area contributed by atoms with E-state index < -0.39 is 5.97 Å². The first-order chi connectivity index (χ1) is 11.1. The van der Waals surface area contributed by atoms with Crippen molar-refractivity contribution in [3.05, 3.63) is 47.9 Å². The first-order valence-electron chi connectivity index (χ1n) is 7.95. The lowest BCUT2D eigenvalue weighted by Gasteiger charge is -2.28. The quantitative estimate of drug-likeness (QED) is 0.940. The summed E-state index contributed by atoms with van der Waals surface area (Å²) >= 11 is 0. The molecule has 2 heterocycles. The van der Waals surface area contributed by atoms with E-state index in [1.807, 2.05) is 12.3 Å². The highest BCUT2D eigenvalue weighted by atomic mass is 16.4. The first kappa shape index (κ1) is 15.6. The Morgan fingerprint density at radius 3 is 2.83 bits per heavy atom. The topological polar surface area (TPSA) is 66.3 Å². The highest BCUT2D eigenvalue weighted by Gasteiger charge is 2.18. The number of likely N-dealkylation sites (tertiary alicyclic amines) is 1. The number of hydrogen-bond acceptors (Lipinski definition) is 4. The predicted molar refractivity (Wildman–Crippen MR) is 88.4 cm³/mol. The van der Waals surface area contributed by atoms with Gasteiger partial charge in [0.2, 0.25) is 0 Å². The molecular weight excluding hydrogens is 290 g/mol. The molecule has 0 radical (unpaired) electrons. The van der Waals surface area contributed by atoms with Gasteiger partial charge in [0.15, 0.2) is 0 Å². The summed E-state index contributed by atoms with van der Waals surface area (Å²) in [5.41, 5.74) is 2.78. The maximum Gasteiger partial charge on any atom is 0.335 e. The van der Waals surface area contributed by atoms with Crippen LogP contribution < -0.4 is 0 Å². The van der Waals surface area contributed by atoms with Crippen LogP contribution in [0.15, 0.2) is 36.7 Å². The van der Waals surface area contributed by atoms with Gasteiger partial charge in [0.05, 0.1) is 23.1 Å². The van der Waals surface area contributed by atoms with Gasteiger partial charge in [-0.2, -0.15) is 0 Å². The van der Waals surface area contributed by atoms with Crippen LogP contribution in [0.5, 0.6) is 0 Å². The van der Waals surface area contributed by atoms with Crippen LogP contribution in [0.2, 0.25) is 0 Å². The molecule has 3 rings (SSSR count). The molecule has 0 atom stereocenters. The lowest BCUT2D eigenvalue weighted by atomic mass is 9.92. The fourth-order valence-electron chi connectivity index (χ4n) is 3.02. The molecule has 5 heteroatoms. The summed E-state index contributed by atoms with van der Waals surface area (Å²) in [6.45, 7) is 2.27. The molecule has 1 aliphatic heterocycles. The third kappa shape index (κ3) is 3.93. The Morgan fingerprint density at radius 1 is 1.30 bits per heavy atom. The van der Waals surface area contributed by atoms with E-state index in [2.05, 4.69) is 21.9 Å². The van der Waals surface area contributed by atoms with Crippen LogP contribution in [0, 0.1) is 5.92 Å². The van der Waals surface area contributed by atoms with Gasteiger partial charge in [-0.15, -0.1) is 0 Å². The Morgan fingerprint density at radius 2 is 2.09 bits per heavy atom. The molecule has 2 aromatic rings. The van der Waals surface area contributed by atoms with Crippen molar-refractivity contribution >= 4 is 5.97 Å². The van der Waals surface area contributed by atoms with Crippen molar-refractivity contribution in [1.29, 1.82) is 0 Å². The van der Waals surface area contributed by atoms with E-state index in [1.54, 1.807) is 24.4 Å². The van der Waals surface area contributed by atoms with Gasteiger partial charge < -0.3 is 10.0 Å². The minimum atomic E-state index is -0.928. The van der Waals surface area contributed by atoms with Crippen LogP contribution in [-0.2, 0) is 6.42 Å². The number of nitrogens with zero attached hydrogens (tertiary/aromatic N) is 3. The Hall–Kier alpha value is -2.27. The molecule has 0 unspecified atom stereocenters. The average molecular weight is 311 g/mol. The lowest BCUT2D eigenvalue weighted by Crippen LogP contribution is -2.31. The Labute approximate surface area is 136 Å². The molecule has 0 amide bonds. The molecular formula is C18H21N3O2. The standard InChI is InChI=1S/C18H21N3O2/c1-21-7-5-13(6-8-21)9-16-11-19-12-17(20-16)14-3-2-4-15(10-14)18(22)23/h2-4,10-13H,5-9H2,1H3,(H,22,23). The van der Waals surface area contributed by atoms with Crippen LogP contribution in [0.4, 0.5) is 0 Å². The fourth-order valence-corrected chi connectivity index (χ4v) is 3.02. The predicted octanol–water partition coefficient (Wildman–Crippen LogP) is 2.73. The molecule has 0 bridgehead atoms. The molecule has 1 saturated heterocycles. The minimum Gasteiger partial charge on any atom is -0.478 e. The van der Waals surface area contributed by atoms with Crippen LogP contribution in [0.1, 0.15) is 28.9 Å². The maximum absolute atomic E-state index is 11.1. The third-order valence-corrected chi connectivity index (χ3v) is 4.43. The van der Waals surface area contributed by atoms with E-state index in [1.165, 1.54) is 12.8 Å². The van der Waals surface area contributed by atoms with Crippen LogP contribution in [0.25, 0.3) is 11.3 Å². The van der Waals surface area contributed by atoms with Crippen LogP contribution >= 0.6 is 0 Å². The summed E-state index contributed by atoms with van der Waals surface area (Å²) in [6, 6.07) is 6.84. The molecule has 1 fully saturated rings. The van der Waals surface area contributed by atoms with Gasteiger partial charge >= 0.3 is 5.97 Å². The smallest absolute Gasteiger partial charge is 0.335 e. The zero-order valence-electron chi connectivity index (χ0n) is 13.3. The second kappa shape index (κ2) is 6.87. The van der Waals surface area contributed by atoms with Gasteiger partial charge in [0.25, 0.3) is 0 Å². The summed E-state index contributed by atoms with van der Waals surface area (Å²) in [7, 11) is 2.16. The van der Waals surface area contributed by atoms with Crippen LogP contribution in [0.3, 0.4) is 0 Å². The van der Waals surface area contributed by atoms with Gasteiger partial charge in [-0.05, 0) is 57.5 Å². The number of piperidine rings is 1. The summed E-state index contributed by atoms with van der Waals surface area (Å²) in [4.78, 5) is 22.4. The van der Waals surface area contributed by atoms with Gasteiger partial charge in [-0.25, -0.2) is 9.78 Å². The summed E-state index contributed by atoms with van der Waals surface area (Å²) in [6.07, 6.45) is 6.84. The van der Waals surface area contributed by atoms with Gasteiger partial charge in [-0.1, -0.05) is 12.1 Å². The largest absolute Gasteiger partial charge is 0.478 e. The Kier molecular flexibility index (Phi) is 4.67. The van der Waals surface area contributed by atoms with E-state index in [4.69, 9.17) is 5.11 Å². The number of carboxylic acids is 1. The first-order valence-corrected chi connectivity index (χ1v) is 7.95. The lowest BCUT2D eigenvalue weighted by molar-refractivity contribution is 0.0697. The van der Waals surface area contributed by atoms with Crippen LogP contribution in [-0.4, -0.2) is 46.1 Å². The van der Waals surface area contributed by atoms with Gasteiger partial charge in [0.1, 0.15) is 0 Å². The number of aromatic nitrogens is 2. The van der Waals surface area contributed by atoms with Gasteiger partial charge in [-0.3, -0.25) is 4.98 Å². The summed E-state index contributed by atoms with van der Waals surface area (Å²) in [5, 5.41) is 9.11. The molecule has 5 nitrogen and oxygen atoms in total. The number of carbonyl (C=O) groups is 1. The van der Waals surface area contributed by atoms with Crippen molar-refractivity contribution in [2.45, 2.75) is 19.3 Å². The average Bonchev–Trinajstić information content (AvgIpc) is 2.57. The van der Waals surface area contributed by atoms with Crippen molar-refractivity contribution in [2.75, 3.05) is 20.1 Å². The minimum absolute atomic E-state index is 0.269. The summed E-state index contributed by atoms with van der Waals surface area (Å²) < 4.78 is 0. The van der Waals surface area contributed by atoms with E-state index in [0.29, 0.717) is 5.92 Å². The number of benzene rings is 1. The molecule has 1 aliphatic rings. The van der Waals surface area contributed by atoms with Crippen molar-refractivity contribution in [1.82, 2.24) is 14.9 Å². The van der Waals surface area contributed by atoms with E-state index in [-0.39, 0.29) is 5.56 Å². The SMILES string of the molecule is CN1CCC(Cc2cncc(-c3cccc(C(=O)O)c3)n2)CC1. The fraction of sp³-hybridized carbons (Fsp3) is 0.389. The zero-order valence-corrected chi connectivity index (χ0v) is 13.3. The normalized spacial score (nSPS) is 16.4. The van der Waals surface area contributed by atoms with Crippen molar-refractivity contribution in [3.63, 3.8) is 0 Å². The van der Waals surface area contributed by atoms with E-state index >= 15 is 0 Å². The molecule has 1 aromatic heterocycles. The van der Waals surface area contributed by atoms with E-state index in [9.17, 15) is 4.79 Å². The third-order valence-electron chi connectivity index (χ3n) is 4.43. The molecule has 1 aromatic carbocycles. The monoisotopic (exact) mass is 311 g/mol. The molecule has 0 spiro atoms. The number of hydrogen-bond donors (Lipinski definition) is 1. The molecule has 0 saturated carbocycles. The van der Waals surface area contributed by atoms with Crippen molar-refractivity contribution in [2.24, 2.45) is 5.92 Å². The molecule has 120 valence electrons.